The lowest BCUT2D eigenvalue weighted by Crippen LogP contribution is -2.08. The van der Waals surface area contributed by atoms with Gasteiger partial charge in [-0.1, -0.05) is 25.6 Å². The zero-order valence-electron chi connectivity index (χ0n) is 14.5. The molecule has 23 heavy (non-hydrogen) atoms. The van der Waals surface area contributed by atoms with E-state index in [1.54, 1.807) is 17.8 Å². The molecule has 2 heterocycles. The molecule has 126 valence electrons. The van der Waals surface area contributed by atoms with E-state index < -0.39 is 5.97 Å². The molecule has 2 rings (SSSR count). The Hall–Kier alpha value is -1.69. The third kappa shape index (κ3) is 3.99. The zero-order chi connectivity index (χ0) is 17.1. The lowest BCUT2D eigenvalue weighted by atomic mass is 10.2. The molecule has 0 aromatic carbocycles. The van der Waals surface area contributed by atoms with Gasteiger partial charge in [0, 0.05) is 12.2 Å². The zero-order valence-corrected chi connectivity index (χ0v) is 15.4. The molecule has 2 aromatic heterocycles. The number of imidazole rings is 1. The largest absolute Gasteiger partial charge is 0.463 e. The monoisotopic (exact) mass is 336 g/mol. The number of hydrogen-bond donors (Lipinski definition) is 0. The molecule has 6 heteroatoms. The van der Waals surface area contributed by atoms with Gasteiger partial charge in [0.15, 0.2) is 5.16 Å². The number of carbonyl (C=O) groups is 1. The summed E-state index contributed by atoms with van der Waals surface area (Å²) in [6, 6.07) is 3.47. The van der Waals surface area contributed by atoms with Crippen molar-refractivity contribution < 1.29 is 13.9 Å². The van der Waals surface area contributed by atoms with Crippen molar-refractivity contribution in [2.75, 3.05) is 7.11 Å². The van der Waals surface area contributed by atoms with Crippen LogP contribution < -0.4 is 0 Å². The van der Waals surface area contributed by atoms with Gasteiger partial charge in [0.2, 0.25) is 5.76 Å². The van der Waals surface area contributed by atoms with E-state index in [4.69, 9.17) is 4.42 Å². The summed E-state index contributed by atoms with van der Waals surface area (Å²) in [5, 5.41) is 1.04. The Morgan fingerprint density at radius 2 is 2.04 bits per heavy atom. The van der Waals surface area contributed by atoms with Crippen molar-refractivity contribution in [1.29, 1.82) is 0 Å². The molecular formula is C17H24N2O3S. The maximum Gasteiger partial charge on any atom is 0.373 e. The van der Waals surface area contributed by atoms with Crippen LogP contribution in [0.5, 0.6) is 0 Å². The molecule has 0 saturated heterocycles. The average molecular weight is 336 g/mol. The van der Waals surface area contributed by atoms with E-state index in [1.165, 1.54) is 12.8 Å². The number of aryl methyl sites for hydroxylation is 1. The number of ether oxygens (including phenoxy) is 1. The summed E-state index contributed by atoms with van der Waals surface area (Å²) in [4.78, 5) is 16.2. The minimum Gasteiger partial charge on any atom is -0.463 e. The van der Waals surface area contributed by atoms with Gasteiger partial charge in [-0.15, -0.1) is 0 Å². The lowest BCUT2D eigenvalue weighted by molar-refractivity contribution is 0.0563. The highest BCUT2D eigenvalue weighted by Crippen LogP contribution is 2.36. The standard InChI is InChI=1S/C17H24N2O3S/c1-10(2)9-19-12(4)11(3)18-17(19)23-13(5)14-7-8-15(22-14)16(20)21-6/h7-8,10,13H,9H2,1-6H3. The molecule has 1 atom stereocenters. The topological polar surface area (TPSA) is 57.3 Å². The second kappa shape index (κ2) is 7.25. The van der Waals surface area contributed by atoms with E-state index >= 15 is 0 Å². The van der Waals surface area contributed by atoms with Crippen LogP contribution >= 0.6 is 11.8 Å². The van der Waals surface area contributed by atoms with E-state index in [-0.39, 0.29) is 11.0 Å². The van der Waals surface area contributed by atoms with Gasteiger partial charge in [-0.05, 0) is 38.8 Å². The maximum atomic E-state index is 11.5. The van der Waals surface area contributed by atoms with Crippen LogP contribution in [0, 0.1) is 19.8 Å². The number of carbonyl (C=O) groups excluding carboxylic acids is 1. The molecule has 1 unspecified atom stereocenters. The summed E-state index contributed by atoms with van der Waals surface area (Å²) < 4.78 is 12.5. The third-order valence-electron chi connectivity index (χ3n) is 3.67. The highest BCUT2D eigenvalue weighted by molar-refractivity contribution is 7.99. The Kier molecular flexibility index (Phi) is 5.57. The van der Waals surface area contributed by atoms with Crippen LogP contribution in [0.1, 0.15) is 53.7 Å². The fourth-order valence-electron chi connectivity index (χ4n) is 2.29. The fraction of sp³-hybridized carbons (Fsp3) is 0.529. The minimum atomic E-state index is -0.457. The van der Waals surface area contributed by atoms with Gasteiger partial charge < -0.3 is 13.7 Å². The van der Waals surface area contributed by atoms with Crippen LogP contribution in [0.2, 0.25) is 0 Å². The quantitative estimate of drug-likeness (QED) is 0.578. The number of hydrogen-bond acceptors (Lipinski definition) is 5. The molecule has 0 aliphatic carbocycles. The normalized spacial score (nSPS) is 12.7. The first-order valence-electron chi connectivity index (χ1n) is 7.71. The first kappa shape index (κ1) is 17.7. The van der Waals surface area contributed by atoms with Crippen molar-refractivity contribution >= 4 is 17.7 Å². The molecule has 0 saturated carbocycles. The van der Waals surface area contributed by atoms with Crippen LogP contribution in [0.15, 0.2) is 21.7 Å². The number of methoxy groups -OCH3 is 1. The van der Waals surface area contributed by atoms with Crippen molar-refractivity contribution in [3.05, 3.63) is 35.0 Å². The molecule has 0 fully saturated rings. The summed E-state index contributed by atoms with van der Waals surface area (Å²) in [6.07, 6.45) is 0. The van der Waals surface area contributed by atoms with Gasteiger partial charge in [-0.25, -0.2) is 9.78 Å². The molecule has 0 amide bonds. The number of furan rings is 1. The Morgan fingerprint density at radius 3 is 2.65 bits per heavy atom. The van der Waals surface area contributed by atoms with E-state index in [9.17, 15) is 4.79 Å². The van der Waals surface area contributed by atoms with Gasteiger partial charge >= 0.3 is 5.97 Å². The molecule has 5 nitrogen and oxygen atoms in total. The molecule has 0 radical (unpaired) electrons. The number of aromatic nitrogens is 2. The van der Waals surface area contributed by atoms with Gasteiger partial charge in [-0.2, -0.15) is 0 Å². The van der Waals surface area contributed by atoms with Crippen molar-refractivity contribution in [2.24, 2.45) is 5.92 Å². The highest BCUT2D eigenvalue weighted by Gasteiger charge is 2.20. The molecule has 2 aromatic rings. The smallest absolute Gasteiger partial charge is 0.373 e. The summed E-state index contributed by atoms with van der Waals surface area (Å²) in [5.74, 6) is 1.06. The van der Waals surface area contributed by atoms with E-state index in [0.29, 0.717) is 5.92 Å². The van der Waals surface area contributed by atoms with Gasteiger partial charge in [0.05, 0.1) is 18.1 Å². The van der Waals surface area contributed by atoms with Crippen LogP contribution in [0.3, 0.4) is 0 Å². The minimum absolute atomic E-state index is 0.0560. The van der Waals surface area contributed by atoms with E-state index in [2.05, 4.69) is 35.1 Å². The maximum absolute atomic E-state index is 11.5. The summed E-state index contributed by atoms with van der Waals surface area (Å²) >= 11 is 1.64. The van der Waals surface area contributed by atoms with Crippen molar-refractivity contribution in [3.8, 4) is 0 Å². The van der Waals surface area contributed by atoms with E-state index in [1.807, 2.05) is 19.9 Å². The summed E-state index contributed by atoms with van der Waals surface area (Å²) in [6.45, 7) is 11.5. The third-order valence-corrected chi connectivity index (χ3v) is 4.78. The van der Waals surface area contributed by atoms with Gasteiger partial charge in [0.1, 0.15) is 5.76 Å². The first-order valence-corrected chi connectivity index (χ1v) is 8.59. The summed E-state index contributed by atoms with van der Waals surface area (Å²) in [5.41, 5.74) is 2.25. The number of rotatable bonds is 6. The van der Waals surface area contributed by atoms with Gasteiger partial charge in [0.25, 0.3) is 0 Å². The van der Waals surface area contributed by atoms with Crippen molar-refractivity contribution in [1.82, 2.24) is 9.55 Å². The molecule has 0 bridgehead atoms. The second-order valence-electron chi connectivity index (χ2n) is 6.02. The fourth-order valence-corrected chi connectivity index (χ4v) is 3.38. The number of esters is 1. The number of nitrogens with zero attached hydrogens (tertiary/aromatic N) is 2. The molecular weight excluding hydrogens is 312 g/mol. The first-order chi connectivity index (χ1) is 10.8. The predicted molar refractivity (Wildman–Crippen MR) is 90.9 cm³/mol. The highest BCUT2D eigenvalue weighted by atomic mass is 32.2. The average Bonchev–Trinajstić information content (AvgIpc) is 3.08. The molecule has 0 aliphatic rings. The Morgan fingerprint density at radius 1 is 1.35 bits per heavy atom. The Balaban J connectivity index is 2.20. The van der Waals surface area contributed by atoms with Crippen LogP contribution in [0.25, 0.3) is 0 Å². The van der Waals surface area contributed by atoms with Crippen molar-refractivity contribution in [3.63, 3.8) is 0 Å². The van der Waals surface area contributed by atoms with Crippen LogP contribution in [-0.4, -0.2) is 22.6 Å². The van der Waals surface area contributed by atoms with Crippen LogP contribution in [-0.2, 0) is 11.3 Å². The van der Waals surface area contributed by atoms with Crippen molar-refractivity contribution in [2.45, 2.75) is 51.6 Å². The predicted octanol–water partition coefficient (Wildman–Crippen LogP) is 4.39. The Bertz CT molecular complexity index is 688. The summed E-state index contributed by atoms with van der Waals surface area (Å²) in [7, 11) is 1.34. The molecule has 0 spiro atoms. The molecule has 0 N–H and O–H groups in total. The van der Waals surface area contributed by atoms with E-state index in [0.717, 1.165) is 23.2 Å². The van der Waals surface area contributed by atoms with Crippen LogP contribution in [0.4, 0.5) is 0 Å². The lowest BCUT2D eigenvalue weighted by Gasteiger charge is -2.14. The Labute approximate surface area is 141 Å². The SMILES string of the molecule is COC(=O)c1ccc(C(C)Sc2nc(C)c(C)n2CC(C)C)o1. The number of thioether (sulfide) groups is 1. The van der Waals surface area contributed by atoms with Gasteiger partial charge in [-0.3, -0.25) is 0 Å². The second-order valence-corrected chi connectivity index (χ2v) is 7.33. The molecule has 0 aliphatic heterocycles.